The zero-order valence-electron chi connectivity index (χ0n) is 16.5. The molecule has 30 heavy (non-hydrogen) atoms. The van der Waals surface area contributed by atoms with Crippen LogP contribution < -0.4 is 4.90 Å². The maximum atomic E-state index is 13.4. The Balaban J connectivity index is 2.04. The maximum absolute atomic E-state index is 13.4. The second-order valence-corrected chi connectivity index (χ2v) is 8.36. The summed E-state index contributed by atoms with van der Waals surface area (Å²) in [7, 11) is 1.41. The molecule has 2 aromatic rings. The number of methoxy groups -OCH3 is 1. The van der Waals surface area contributed by atoms with E-state index < -0.39 is 35.1 Å². The molecule has 0 radical (unpaired) electrons. The first kappa shape index (κ1) is 22.1. The SMILES string of the molecule is COC1N(c2ccc(C#N)c(C(F)(F)F)c2)C(=O)N(Cc2ccc(Br)cc2)C1(C)C. The number of nitrogens with zero attached hydrogens (tertiary/aromatic N) is 3. The lowest BCUT2D eigenvalue weighted by Crippen LogP contribution is -2.47. The van der Waals surface area contributed by atoms with Crippen molar-refractivity contribution in [1.29, 1.82) is 5.26 Å². The van der Waals surface area contributed by atoms with Gasteiger partial charge in [0.1, 0.15) is 0 Å². The van der Waals surface area contributed by atoms with Crippen LogP contribution in [0.5, 0.6) is 0 Å². The van der Waals surface area contributed by atoms with Crippen molar-refractivity contribution in [2.24, 2.45) is 0 Å². The molecule has 1 saturated heterocycles. The maximum Gasteiger partial charge on any atom is 0.417 e. The highest BCUT2D eigenvalue weighted by atomic mass is 79.9. The first-order valence-electron chi connectivity index (χ1n) is 9.00. The molecule has 9 heteroatoms. The Morgan fingerprint density at radius 2 is 1.83 bits per heavy atom. The van der Waals surface area contributed by atoms with Crippen molar-refractivity contribution in [3.05, 3.63) is 63.6 Å². The number of hydrogen-bond donors (Lipinski definition) is 0. The number of halogens is 4. The highest BCUT2D eigenvalue weighted by molar-refractivity contribution is 9.10. The fourth-order valence-corrected chi connectivity index (χ4v) is 3.89. The number of ether oxygens (including phenoxy) is 1. The summed E-state index contributed by atoms with van der Waals surface area (Å²) in [6.45, 7) is 3.86. The largest absolute Gasteiger partial charge is 0.417 e. The molecular weight excluding hydrogens is 463 g/mol. The van der Waals surface area contributed by atoms with Crippen LogP contribution in [-0.2, 0) is 17.5 Å². The van der Waals surface area contributed by atoms with Gasteiger partial charge in [-0.2, -0.15) is 18.4 Å². The molecule has 1 unspecified atom stereocenters. The van der Waals surface area contributed by atoms with Crippen LogP contribution in [0.1, 0.15) is 30.5 Å². The third-order valence-corrected chi connectivity index (χ3v) is 5.68. The van der Waals surface area contributed by atoms with Gasteiger partial charge in [-0.15, -0.1) is 0 Å². The van der Waals surface area contributed by atoms with Crippen molar-refractivity contribution in [1.82, 2.24) is 4.90 Å². The van der Waals surface area contributed by atoms with Crippen molar-refractivity contribution in [2.75, 3.05) is 12.0 Å². The van der Waals surface area contributed by atoms with Crippen LogP contribution in [0.2, 0.25) is 0 Å². The zero-order valence-corrected chi connectivity index (χ0v) is 18.1. The first-order chi connectivity index (χ1) is 14.0. The summed E-state index contributed by atoms with van der Waals surface area (Å²) in [6, 6.07) is 11.7. The van der Waals surface area contributed by atoms with E-state index >= 15 is 0 Å². The fourth-order valence-electron chi connectivity index (χ4n) is 3.62. The second kappa shape index (κ2) is 7.93. The summed E-state index contributed by atoms with van der Waals surface area (Å²) in [5.74, 6) is 0. The van der Waals surface area contributed by atoms with Crippen molar-refractivity contribution in [2.45, 2.75) is 38.3 Å². The first-order valence-corrected chi connectivity index (χ1v) is 9.79. The molecule has 1 heterocycles. The van der Waals surface area contributed by atoms with Gasteiger partial charge in [0.05, 0.1) is 22.7 Å². The van der Waals surface area contributed by atoms with Crippen LogP contribution in [0, 0.1) is 11.3 Å². The molecule has 1 aliphatic rings. The molecule has 0 aliphatic carbocycles. The Hall–Kier alpha value is -2.57. The quantitative estimate of drug-likeness (QED) is 0.576. The Bertz CT molecular complexity index is 1000. The molecule has 0 spiro atoms. The van der Waals surface area contributed by atoms with Crippen LogP contribution in [0.3, 0.4) is 0 Å². The number of amides is 2. The van der Waals surface area contributed by atoms with Crippen LogP contribution in [-0.4, -0.2) is 29.8 Å². The number of urea groups is 1. The monoisotopic (exact) mass is 481 g/mol. The summed E-state index contributed by atoms with van der Waals surface area (Å²) >= 11 is 3.36. The van der Waals surface area contributed by atoms with Gasteiger partial charge in [-0.25, -0.2) is 4.79 Å². The number of rotatable bonds is 4. The molecule has 2 aromatic carbocycles. The lowest BCUT2D eigenvalue weighted by Gasteiger charge is -2.34. The van der Waals surface area contributed by atoms with E-state index in [1.54, 1.807) is 24.8 Å². The van der Waals surface area contributed by atoms with E-state index in [2.05, 4.69) is 15.9 Å². The molecule has 1 atom stereocenters. The molecule has 3 rings (SSSR count). The highest BCUT2D eigenvalue weighted by Crippen LogP contribution is 2.40. The van der Waals surface area contributed by atoms with Gasteiger partial charge >= 0.3 is 12.2 Å². The molecular formula is C21H19BrF3N3O2. The molecule has 2 amide bonds. The van der Waals surface area contributed by atoms with Crippen LogP contribution in [0.15, 0.2) is 46.9 Å². The number of alkyl halides is 3. The molecule has 158 valence electrons. The second-order valence-electron chi connectivity index (χ2n) is 7.45. The van der Waals surface area contributed by atoms with Gasteiger partial charge in [0.2, 0.25) is 0 Å². The molecule has 5 nitrogen and oxygen atoms in total. The number of anilines is 1. The van der Waals surface area contributed by atoms with Gasteiger partial charge in [0.25, 0.3) is 0 Å². The highest BCUT2D eigenvalue weighted by Gasteiger charge is 2.53. The van der Waals surface area contributed by atoms with Crippen molar-refractivity contribution >= 4 is 27.6 Å². The van der Waals surface area contributed by atoms with E-state index in [9.17, 15) is 18.0 Å². The molecule has 0 saturated carbocycles. The predicted molar refractivity (Wildman–Crippen MR) is 109 cm³/mol. The van der Waals surface area contributed by atoms with E-state index in [0.29, 0.717) is 0 Å². The number of hydrogen-bond acceptors (Lipinski definition) is 3. The van der Waals surface area contributed by atoms with Crippen LogP contribution in [0.25, 0.3) is 0 Å². The van der Waals surface area contributed by atoms with Gasteiger partial charge in [-0.05, 0) is 49.7 Å². The van der Waals surface area contributed by atoms with Crippen molar-refractivity contribution in [3.8, 4) is 6.07 Å². The number of nitriles is 1. The smallest absolute Gasteiger partial charge is 0.359 e. The predicted octanol–water partition coefficient (Wildman–Crippen LogP) is 5.53. The van der Waals surface area contributed by atoms with Crippen molar-refractivity contribution in [3.63, 3.8) is 0 Å². The minimum Gasteiger partial charge on any atom is -0.359 e. The lowest BCUT2D eigenvalue weighted by atomic mass is 10.0. The normalized spacial score (nSPS) is 18.6. The standard InChI is InChI=1S/C21H19BrF3N3O2/c1-20(2)18(30-3)28(16-9-6-14(11-26)17(10-16)21(23,24)25)19(29)27(20)12-13-4-7-15(22)8-5-13/h4-10,18H,12H2,1-3H3. The summed E-state index contributed by atoms with van der Waals surface area (Å²) in [5.41, 5.74) is -1.53. The number of benzene rings is 2. The molecule has 0 bridgehead atoms. The van der Waals surface area contributed by atoms with E-state index in [4.69, 9.17) is 10.00 Å². The Labute approximate surface area is 180 Å². The molecule has 0 aromatic heterocycles. The fraction of sp³-hybridized carbons (Fsp3) is 0.333. The van der Waals surface area contributed by atoms with Crippen LogP contribution in [0.4, 0.5) is 23.7 Å². The Morgan fingerprint density at radius 3 is 2.37 bits per heavy atom. The third kappa shape index (κ3) is 3.89. The average molecular weight is 482 g/mol. The molecule has 1 aliphatic heterocycles. The summed E-state index contributed by atoms with van der Waals surface area (Å²) in [5, 5.41) is 9.03. The van der Waals surface area contributed by atoms with Crippen molar-refractivity contribution < 1.29 is 22.7 Å². The topological polar surface area (TPSA) is 56.6 Å². The summed E-state index contributed by atoms with van der Waals surface area (Å²) < 4.78 is 46.7. The number of carbonyl (C=O) groups is 1. The molecule has 0 N–H and O–H groups in total. The minimum absolute atomic E-state index is 0.0181. The lowest BCUT2D eigenvalue weighted by molar-refractivity contribution is -0.137. The molecule has 1 fully saturated rings. The van der Waals surface area contributed by atoms with Gasteiger partial charge in [0.15, 0.2) is 6.23 Å². The summed E-state index contributed by atoms with van der Waals surface area (Å²) in [4.78, 5) is 16.1. The van der Waals surface area contributed by atoms with E-state index in [1.807, 2.05) is 24.3 Å². The number of carbonyl (C=O) groups excluding carboxylic acids is 1. The van der Waals surface area contributed by atoms with Gasteiger partial charge in [0, 0.05) is 23.8 Å². The van der Waals surface area contributed by atoms with Gasteiger partial charge in [-0.1, -0.05) is 28.1 Å². The van der Waals surface area contributed by atoms with E-state index in [1.165, 1.54) is 18.1 Å². The van der Waals surface area contributed by atoms with Crippen LogP contribution >= 0.6 is 15.9 Å². The van der Waals surface area contributed by atoms with Gasteiger partial charge < -0.3 is 9.64 Å². The minimum atomic E-state index is -4.72. The summed E-state index contributed by atoms with van der Waals surface area (Å²) in [6.07, 6.45) is -5.55. The van der Waals surface area contributed by atoms with E-state index in [0.717, 1.165) is 22.2 Å². The van der Waals surface area contributed by atoms with E-state index in [-0.39, 0.29) is 12.2 Å². The average Bonchev–Trinajstić information content (AvgIpc) is 2.88. The Morgan fingerprint density at radius 1 is 1.20 bits per heavy atom. The third-order valence-electron chi connectivity index (χ3n) is 5.16. The zero-order chi connectivity index (χ0) is 22.3. The Kier molecular flexibility index (Phi) is 5.85. The van der Waals surface area contributed by atoms with Gasteiger partial charge in [-0.3, -0.25) is 4.90 Å².